The summed E-state index contributed by atoms with van der Waals surface area (Å²) < 4.78 is 3.24. The highest BCUT2D eigenvalue weighted by atomic mass is 79.9. The molecule has 1 unspecified atom stereocenters. The number of piperidine rings is 1. The molecule has 2 rings (SSSR count). The maximum Gasteiger partial charge on any atom is 0.0630 e. The molecule has 18 heavy (non-hydrogen) atoms. The highest BCUT2D eigenvalue weighted by molar-refractivity contribution is 9.11. The number of benzene rings is 1. The Labute approximate surface area is 134 Å². The van der Waals surface area contributed by atoms with E-state index in [0.29, 0.717) is 6.04 Å². The Hall–Kier alpha value is 0.420. The summed E-state index contributed by atoms with van der Waals surface area (Å²) in [6.07, 6.45) is 3.97. The highest BCUT2D eigenvalue weighted by Crippen LogP contribution is 2.34. The summed E-state index contributed by atoms with van der Waals surface area (Å²) in [5, 5.41) is 3.55. The topological polar surface area (TPSA) is 15.3 Å². The molecule has 0 saturated carbocycles. The number of nitrogens with one attached hydrogen (secondary N) is 1. The number of halogens is 3. The molecule has 1 fully saturated rings. The van der Waals surface area contributed by atoms with Crippen LogP contribution in [0.5, 0.6) is 0 Å². The van der Waals surface area contributed by atoms with E-state index in [1.165, 1.54) is 25.8 Å². The smallest absolute Gasteiger partial charge is 0.0630 e. The summed E-state index contributed by atoms with van der Waals surface area (Å²) in [6.45, 7) is 2.21. The normalized spacial score (nSPS) is 21.0. The van der Waals surface area contributed by atoms with Crippen LogP contribution in [-0.4, -0.2) is 31.1 Å². The fraction of sp³-hybridized carbons (Fsp3) is 0.538. The van der Waals surface area contributed by atoms with Gasteiger partial charge in [-0.25, -0.2) is 0 Å². The lowest BCUT2D eigenvalue weighted by molar-refractivity contribution is 0.194. The van der Waals surface area contributed by atoms with Gasteiger partial charge in [0.1, 0.15) is 0 Å². The molecular formula is C13H17Br3N2. The van der Waals surface area contributed by atoms with E-state index in [-0.39, 0.29) is 0 Å². The fourth-order valence-corrected chi connectivity index (χ4v) is 4.87. The van der Waals surface area contributed by atoms with E-state index in [9.17, 15) is 0 Å². The first-order valence-corrected chi connectivity index (χ1v) is 8.54. The number of likely N-dealkylation sites (tertiary alicyclic amines) is 1. The number of likely N-dealkylation sites (N-methyl/N-ethyl adjacent to an activating group) is 1. The highest BCUT2D eigenvalue weighted by Gasteiger charge is 2.19. The van der Waals surface area contributed by atoms with Crippen LogP contribution < -0.4 is 5.32 Å². The van der Waals surface area contributed by atoms with Crippen molar-refractivity contribution in [2.45, 2.75) is 25.3 Å². The van der Waals surface area contributed by atoms with Crippen molar-refractivity contribution in [3.8, 4) is 0 Å². The van der Waals surface area contributed by atoms with Gasteiger partial charge in [-0.3, -0.25) is 0 Å². The lowest BCUT2D eigenvalue weighted by Crippen LogP contribution is -2.40. The van der Waals surface area contributed by atoms with Gasteiger partial charge in [-0.1, -0.05) is 22.4 Å². The summed E-state index contributed by atoms with van der Waals surface area (Å²) in [6, 6.07) is 4.77. The Morgan fingerprint density at radius 1 is 1.22 bits per heavy atom. The van der Waals surface area contributed by atoms with Crippen LogP contribution in [0.25, 0.3) is 0 Å². The molecule has 1 aliphatic heterocycles. The maximum atomic E-state index is 3.60. The Bertz CT molecular complexity index is 400. The van der Waals surface area contributed by atoms with Crippen LogP contribution in [-0.2, 0) is 0 Å². The average molecular weight is 441 g/mol. The van der Waals surface area contributed by atoms with Crippen molar-refractivity contribution in [1.29, 1.82) is 0 Å². The second-order valence-corrected chi connectivity index (χ2v) is 7.38. The third kappa shape index (κ3) is 3.71. The van der Waals surface area contributed by atoms with Crippen molar-refractivity contribution in [1.82, 2.24) is 4.90 Å². The van der Waals surface area contributed by atoms with Gasteiger partial charge in [0, 0.05) is 26.0 Å². The maximum absolute atomic E-state index is 3.60. The Kier molecular flexibility index (Phi) is 5.54. The molecule has 1 saturated heterocycles. The molecule has 1 atom stereocenters. The molecule has 1 aliphatic rings. The minimum Gasteiger partial charge on any atom is -0.382 e. The van der Waals surface area contributed by atoms with Crippen molar-refractivity contribution < 1.29 is 0 Å². The van der Waals surface area contributed by atoms with Crippen molar-refractivity contribution >= 4 is 53.5 Å². The summed E-state index contributed by atoms with van der Waals surface area (Å²) in [7, 11) is 2.22. The number of nitrogens with zero attached hydrogens (tertiary/aromatic N) is 1. The zero-order chi connectivity index (χ0) is 13.1. The van der Waals surface area contributed by atoms with Crippen LogP contribution >= 0.6 is 47.8 Å². The van der Waals surface area contributed by atoms with Crippen LogP contribution in [0.1, 0.15) is 19.3 Å². The summed E-state index contributed by atoms with van der Waals surface area (Å²) in [4.78, 5) is 2.46. The molecule has 0 radical (unpaired) electrons. The minimum atomic E-state index is 0.640. The summed E-state index contributed by atoms with van der Waals surface area (Å²) in [5.74, 6) is 0. The van der Waals surface area contributed by atoms with E-state index < -0.39 is 0 Å². The SMILES string of the molecule is CN1CCCCC1CNc1c(Br)cc(Br)cc1Br. The van der Waals surface area contributed by atoms with Crippen molar-refractivity contribution in [2.75, 3.05) is 25.5 Å². The number of anilines is 1. The molecule has 1 heterocycles. The molecule has 0 aromatic heterocycles. The van der Waals surface area contributed by atoms with Gasteiger partial charge in [0.25, 0.3) is 0 Å². The first-order valence-electron chi connectivity index (χ1n) is 6.16. The first-order chi connectivity index (χ1) is 8.58. The lowest BCUT2D eigenvalue weighted by Gasteiger charge is -2.33. The number of hydrogen-bond donors (Lipinski definition) is 1. The van der Waals surface area contributed by atoms with Crippen LogP contribution in [0.3, 0.4) is 0 Å². The molecule has 0 amide bonds. The summed E-state index contributed by atoms with van der Waals surface area (Å²) in [5.41, 5.74) is 1.14. The minimum absolute atomic E-state index is 0.640. The second-order valence-electron chi connectivity index (χ2n) is 4.76. The summed E-state index contributed by atoms with van der Waals surface area (Å²) >= 11 is 10.7. The molecule has 1 aromatic rings. The van der Waals surface area contributed by atoms with Gasteiger partial charge >= 0.3 is 0 Å². The van der Waals surface area contributed by atoms with Crippen LogP contribution in [0.4, 0.5) is 5.69 Å². The first kappa shape index (κ1) is 14.8. The van der Waals surface area contributed by atoms with E-state index in [1.807, 2.05) is 0 Å². The molecule has 0 spiro atoms. The Morgan fingerprint density at radius 2 is 1.89 bits per heavy atom. The van der Waals surface area contributed by atoms with Crippen LogP contribution in [0.15, 0.2) is 25.6 Å². The number of rotatable bonds is 3. The van der Waals surface area contributed by atoms with E-state index in [0.717, 1.165) is 25.7 Å². The molecule has 0 bridgehead atoms. The van der Waals surface area contributed by atoms with Gasteiger partial charge in [-0.2, -0.15) is 0 Å². The Balaban J connectivity index is 2.01. The zero-order valence-electron chi connectivity index (χ0n) is 10.3. The Morgan fingerprint density at radius 3 is 2.50 bits per heavy atom. The molecule has 1 N–H and O–H groups in total. The van der Waals surface area contributed by atoms with Gasteiger partial charge in [0.15, 0.2) is 0 Å². The molecule has 100 valence electrons. The molecule has 2 nitrogen and oxygen atoms in total. The molecular weight excluding hydrogens is 424 g/mol. The van der Waals surface area contributed by atoms with Crippen LogP contribution in [0.2, 0.25) is 0 Å². The third-order valence-electron chi connectivity index (χ3n) is 3.44. The van der Waals surface area contributed by atoms with Gasteiger partial charge in [-0.05, 0) is 70.4 Å². The van der Waals surface area contributed by atoms with Crippen molar-refractivity contribution in [3.05, 3.63) is 25.6 Å². The predicted octanol–water partition coefficient (Wildman–Crippen LogP) is 4.87. The van der Waals surface area contributed by atoms with E-state index >= 15 is 0 Å². The van der Waals surface area contributed by atoms with Gasteiger partial charge in [0.05, 0.1) is 5.69 Å². The predicted molar refractivity (Wildman–Crippen MR) is 88.3 cm³/mol. The fourth-order valence-electron chi connectivity index (χ4n) is 2.33. The van der Waals surface area contributed by atoms with E-state index in [1.54, 1.807) is 0 Å². The molecule has 1 aromatic carbocycles. The van der Waals surface area contributed by atoms with Gasteiger partial charge in [0.2, 0.25) is 0 Å². The van der Waals surface area contributed by atoms with E-state index in [4.69, 9.17) is 0 Å². The zero-order valence-corrected chi connectivity index (χ0v) is 15.1. The largest absolute Gasteiger partial charge is 0.382 e. The monoisotopic (exact) mass is 438 g/mol. The lowest BCUT2D eigenvalue weighted by atomic mass is 10.0. The van der Waals surface area contributed by atoms with E-state index in [2.05, 4.69) is 77.2 Å². The quantitative estimate of drug-likeness (QED) is 0.721. The van der Waals surface area contributed by atoms with Gasteiger partial charge < -0.3 is 10.2 Å². The third-order valence-corrected chi connectivity index (χ3v) is 5.15. The average Bonchev–Trinajstić information content (AvgIpc) is 2.30. The van der Waals surface area contributed by atoms with Crippen molar-refractivity contribution in [3.63, 3.8) is 0 Å². The van der Waals surface area contributed by atoms with Gasteiger partial charge in [-0.15, -0.1) is 0 Å². The van der Waals surface area contributed by atoms with Crippen molar-refractivity contribution in [2.24, 2.45) is 0 Å². The molecule has 0 aliphatic carbocycles. The molecule has 5 heteroatoms. The standard InChI is InChI=1S/C13H17Br3N2/c1-18-5-3-2-4-10(18)8-17-13-11(15)6-9(14)7-12(13)16/h6-7,10,17H,2-5,8H2,1H3. The second kappa shape index (κ2) is 6.73. The van der Waals surface area contributed by atoms with Crippen LogP contribution in [0, 0.1) is 0 Å². The number of hydrogen-bond acceptors (Lipinski definition) is 2.